The number of halogens is 3. The van der Waals surface area contributed by atoms with Crippen LogP contribution in [0.5, 0.6) is 0 Å². The van der Waals surface area contributed by atoms with Crippen LogP contribution in [-0.4, -0.2) is 11.7 Å². The van der Waals surface area contributed by atoms with Gasteiger partial charge in [-0.15, -0.1) is 0 Å². The largest absolute Gasteiger partial charge is 0.387 e. The van der Waals surface area contributed by atoms with Crippen molar-refractivity contribution in [3.05, 3.63) is 57.5 Å². The van der Waals surface area contributed by atoms with Crippen LogP contribution >= 0.6 is 11.3 Å². The van der Waals surface area contributed by atoms with E-state index in [0.29, 0.717) is 5.56 Å². The highest BCUT2D eigenvalue weighted by Crippen LogP contribution is 2.20. The lowest BCUT2D eigenvalue weighted by Gasteiger charge is -2.17. The molecule has 0 fully saturated rings. The lowest BCUT2D eigenvalue weighted by molar-refractivity contribution is 0.171. The molecule has 2 N–H and O–H groups in total. The highest BCUT2D eigenvalue weighted by atomic mass is 32.1. The third-order valence-corrected chi connectivity index (χ3v) is 3.75. The number of hydrogen-bond acceptors (Lipinski definition) is 3. The Labute approximate surface area is 118 Å². The Morgan fingerprint density at radius 2 is 1.85 bits per heavy atom. The summed E-state index contributed by atoms with van der Waals surface area (Å²) in [6.07, 6.45) is -0.696. The van der Waals surface area contributed by atoms with Crippen molar-refractivity contribution in [3.8, 4) is 0 Å². The molecule has 2 atom stereocenters. The van der Waals surface area contributed by atoms with Crippen molar-refractivity contribution in [1.82, 2.24) is 5.32 Å². The molecule has 2 rings (SSSR count). The molecule has 1 heterocycles. The van der Waals surface area contributed by atoms with E-state index in [9.17, 15) is 18.3 Å². The Balaban J connectivity index is 2.00. The van der Waals surface area contributed by atoms with Gasteiger partial charge in [0, 0.05) is 12.6 Å². The van der Waals surface area contributed by atoms with E-state index in [0.717, 1.165) is 17.7 Å². The van der Waals surface area contributed by atoms with Gasteiger partial charge in [0.25, 0.3) is 0 Å². The molecule has 0 radical (unpaired) electrons. The summed E-state index contributed by atoms with van der Waals surface area (Å²) in [5.74, 6) is -3.90. The molecule has 6 heteroatoms. The Kier molecular flexibility index (Phi) is 4.80. The molecule has 20 heavy (non-hydrogen) atoms. The summed E-state index contributed by atoms with van der Waals surface area (Å²) in [6, 6.07) is 3.30. The number of aliphatic hydroxyl groups excluding tert-OH is 1. The molecule has 1 aromatic carbocycles. The minimum absolute atomic E-state index is 0.235. The number of benzene rings is 1. The van der Waals surface area contributed by atoms with E-state index >= 15 is 0 Å². The summed E-state index contributed by atoms with van der Waals surface area (Å²) in [5.41, 5.74) is 1.07. The van der Waals surface area contributed by atoms with Gasteiger partial charge in [0.15, 0.2) is 17.5 Å². The molecule has 0 amide bonds. The van der Waals surface area contributed by atoms with Gasteiger partial charge in [-0.05, 0) is 47.0 Å². The standard InChI is InChI=1S/C14H14F3NOS/c1-8(10-4-11(15)14(17)12(16)5-10)18-6-13(19)9-2-3-20-7-9/h2-5,7-8,13,18-19H,6H2,1H3. The lowest BCUT2D eigenvalue weighted by atomic mass is 10.1. The molecule has 0 aliphatic carbocycles. The molecule has 0 saturated carbocycles. The van der Waals surface area contributed by atoms with Gasteiger partial charge in [0.2, 0.25) is 0 Å². The third-order valence-electron chi connectivity index (χ3n) is 3.05. The van der Waals surface area contributed by atoms with Gasteiger partial charge in [-0.1, -0.05) is 0 Å². The SMILES string of the molecule is CC(NCC(O)c1ccsc1)c1cc(F)c(F)c(F)c1. The number of nitrogens with one attached hydrogen (secondary N) is 1. The van der Waals surface area contributed by atoms with Crippen molar-refractivity contribution in [1.29, 1.82) is 0 Å². The third kappa shape index (κ3) is 3.39. The first-order valence-corrected chi connectivity index (χ1v) is 7.01. The molecule has 0 aliphatic rings. The van der Waals surface area contributed by atoms with E-state index in [1.165, 1.54) is 11.3 Å². The van der Waals surface area contributed by atoms with Crippen LogP contribution in [0.15, 0.2) is 29.0 Å². The van der Waals surface area contributed by atoms with E-state index in [2.05, 4.69) is 5.32 Å². The Bertz CT molecular complexity index is 551. The Morgan fingerprint density at radius 1 is 1.20 bits per heavy atom. The average molecular weight is 301 g/mol. The van der Waals surface area contributed by atoms with Crippen LogP contribution in [0.4, 0.5) is 13.2 Å². The van der Waals surface area contributed by atoms with Gasteiger partial charge >= 0.3 is 0 Å². The van der Waals surface area contributed by atoms with E-state index < -0.39 is 29.6 Å². The van der Waals surface area contributed by atoms with Crippen LogP contribution < -0.4 is 5.32 Å². The summed E-state index contributed by atoms with van der Waals surface area (Å²) in [4.78, 5) is 0. The second kappa shape index (κ2) is 6.39. The molecular formula is C14H14F3NOS. The van der Waals surface area contributed by atoms with Gasteiger partial charge in [0.1, 0.15) is 0 Å². The van der Waals surface area contributed by atoms with Crippen molar-refractivity contribution < 1.29 is 18.3 Å². The number of aliphatic hydroxyl groups is 1. The maximum absolute atomic E-state index is 13.1. The molecule has 0 bridgehead atoms. The zero-order valence-corrected chi connectivity index (χ0v) is 11.6. The zero-order chi connectivity index (χ0) is 14.7. The van der Waals surface area contributed by atoms with Crippen molar-refractivity contribution in [3.63, 3.8) is 0 Å². The molecule has 108 valence electrons. The van der Waals surface area contributed by atoms with E-state index in [4.69, 9.17) is 0 Å². The Morgan fingerprint density at radius 3 is 2.40 bits per heavy atom. The first-order chi connectivity index (χ1) is 9.49. The predicted molar refractivity (Wildman–Crippen MR) is 72.0 cm³/mol. The summed E-state index contributed by atoms with van der Waals surface area (Å²) < 4.78 is 39.1. The van der Waals surface area contributed by atoms with Crippen molar-refractivity contribution >= 4 is 11.3 Å². The van der Waals surface area contributed by atoms with E-state index in [-0.39, 0.29) is 6.54 Å². The maximum atomic E-state index is 13.1. The quantitative estimate of drug-likeness (QED) is 0.828. The summed E-state index contributed by atoms with van der Waals surface area (Å²) >= 11 is 1.48. The second-order valence-corrected chi connectivity index (χ2v) is 5.28. The normalized spacial score (nSPS) is 14.2. The monoisotopic (exact) mass is 301 g/mol. The van der Waals surface area contributed by atoms with Crippen molar-refractivity contribution in [2.75, 3.05) is 6.54 Å². The topological polar surface area (TPSA) is 32.3 Å². The fourth-order valence-electron chi connectivity index (χ4n) is 1.81. The maximum Gasteiger partial charge on any atom is 0.194 e. The van der Waals surface area contributed by atoms with Crippen molar-refractivity contribution in [2.24, 2.45) is 0 Å². The molecule has 0 aliphatic heterocycles. The number of rotatable bonds is 5. The van der Waals surface area contributed by atoms with Gasteiger partial charge in [-0.2, -0.15) is 11.3 Å². The zero-order valence-electron chi connectivity index (χ0n) is 10.7. The smallest absolute Gasteiger partial charge is 0.194 e. The summed E-state index contributed by atoms with van der Waals surface area (Å²) in [6.45, 7) is 1.92. The molecule has 0 spiro atoms. The van der Waals surface area contributed by atoms with E-state index in [1.54, 1.807) is 13.0 Å². The molecule has 2 nitrogen and oxygen atoms in total. The fourth-order valence-corrected chi connectivity index (χ4v) is 2.52. The van der Waals surface area contributed by atoms with Crippen molar-refractivity contribution in [2.45, 2.75) is 19.1 Å². The molecular weight excluding hydrogens is 287 g/mol. The highest BCUT2D eigenvalue weighted by Gasteiger charge is 2.15. The fraction of sp³-hybridized carbons (Fsp3) is 0.286. The first-order valence-electron chi connectivity index (χ1n) is 6.07. The van der Waals surface area contributed by atoms with Gasteiger partial charge in [-0.3, -0.25) is 0 Å². The number of hydrogen-bond donors (Lipinski definition) is 2. The Hall–Kier alpha value is -1.37. The summed E-state index contributed by atoms with van der Waals surface area (Å²) in [5, 5.41) is 16.5. The minimum Gasteiger partial charge on any atom is -0.387 e. The van der Waals surface area contributed by atoms with Gasteiger partial charge < -0.3 is 10.4 Å². The summed E-state index contributed by atoms with van der Waals surface area (Å²) in [7, 11) is 0. The van der Waals surface area contributed by atoms with Crippen LogP contribution in [0.3, 0.4) is 0 Å². The number of thiophene rings is 1. The average Bonchev–Trinajstić information content (AvgIpc) is 2.95. The van der Waals surface area contributed by atoms with Gasteiger partial charge in [0.05, 0.1) is 6.10 Å². The molecule has 2 aromatic rings. The minimum atomic E-state index is -1.47. The van der Waals surface area contributed by atoms with Crippen LogP contribution in [0, 0.1) is 17.5 Å². The van der Waals surface area contributed by atoms with Crippen LogP contribution in [0.2, 0.25) is 0 Å². The molecule has 0 saturated heterocycles. The van der Waals surface area contributed by atoms with Crippen LogP contribution in [-0.2, 0) is 0 Å². The molecule has 1 aromatic heterocycles. The van der Waals surface area contributed by atoms with Crippen LogP contribution in [0.1, 0.15) is 30.2 Å². The van der Waals surface area contributed by atoms with Crippen LogP contribution in [0.25, 0.3) is 0 Å². The predicted octanol–water partition coefficient (Wildman–Crippen LogP) is 3.55. The molecule has 2 unspecified atom stereocenters. The lowest BCUT2D eigenvalue weighted by Crippen LogP contribution is -2.24. The highest BCUT2D eigenvalue weighted by molar-refractivity contribution is 7.07. The van der Waals surface area contributed by atoms with Gasteiger partial charge in [-0.25, -0.2) is 13.2 Å². The first kappa shape index (κ1) is 15.0. The van der Waals surface area contributed by atoms with E-state index in [1.807, 2.05) is 10.8 Å². The second-order valence-electron chi connectivity index (χ2n) is 4.50.